The topological polar surface area (TPSA) is 64.6 Å². The van der Waals surface area contributed by atoms with Crippen LogP contribution in [0.1, 0.15) is 58.8 Å². The van der Waals surface area contributed by atoms with Gasteiger partial charge in [0, 0.05) is 19.9 Å². The van der Waals surface area contributed by atoms with Crippen LogP contribution in [0.15, 0.2) is 0 Å². The smallest absolute Gasteiger partial charge is 0.410 e. The number of hydrogen-bond donors (Lipinski definition) is 1. The normalized spacial score (nSPS) is 17.6. The van der Waals surface area contributed by atoms with Crippen molar-refractivity contribution < 1.29 is 19.1 Å². The zero-order valence-electron chi connectivity index (χ0n) is 11.9. The van der Waals surface area contributed by atoms with Gasteiger partial charge in [-0.1, -0.05) is 26.2 Å². The Bertz CT molecular complexity index is 287. The van der Waals surface area contributed by atoms with Gasteiger partial charge in [-0.05, 0) is 25.2 Å². The maximum Gasteiger partial charge on any atom is 0.410 e. The number of rotatable bonds is 6. The van der Waals surface area contributed by atoms with Crippen LogP contribution >= 0.6 is 0 Å². The van der Waals surface area contributed by atoms with Gasteiger partial charge in [0.15, 0.2) is 0 Å². The van der Waals surface area contributed by atoms with Gasteiger partial charge in [-0.2, -0.15) is 0 Å². The van der Waals surface area contributed by atoms with Gasteiger partial charge in [0.1, 0.15) is 0 Å². The molecule has 1 aliphatic carbocycles. The molecule has 0 aromatic carbocycles. The van der Waals surface area contributed by atoms with Gasteiger partial charge in [-0.3, -0.25) is 4.79 Å². The van der Waals surface area contributed by atoms with E-state index in [1.54, 1.807) is 6.92 Å². The van der Waals surface area contributed by atoms with Crippen molar-refractivity contribution in [2.45, 2.75) is 65.1 Å². The van der Waals surface area contributed by atoms with Gasteiger partial charge in [-0.25, -0.2) is 4.79 Å². The molecule has 1 aliphatic rings. The third-order valence-corrected chi connectivity index (χ3v) is 3.28. The molecule has 19 heavy (non-hydrogen) atoms. The molecular weight excluding hydrogens is 246 g/mol. The van der Waals surface area contributed by atoms with E-state index in [9.17, 15) is 9.59 Å². The Morgan fingerprint density at radius 1 is 1.21 bits per heavy atom. The molecule has 5 nitrogen and oxygen atoms in total. The molecule has 110 valence electrons. The van der Waals surface area contributed by atoms with Crippen molar-refractivity contribution >= 4 is 12.1 Å². The number of carbonyl (C=O) groups excluding carboxylic acids is 2. The van der Waals surface area contributed by atoms with Crippen molar-refractivity contribution in [2.24, 2.45) is 5.92 Å². The van der Waals surface area contributed by atoms with Crippen molar-refractivity contribution in [1.29, 1.82) is 0 Å². The molecule has 1 atom stereocenters. The molecule has 0 aliphatic heterocycles. The summed E-state index contributed by atoms with van der Waals surface area (Å²) in [6.07, 6.45) is 5.84. The standard InChI is InChI=1S/C14H25NO4/c1-3-7-13(16)18-11(2)19-14(17)15-10-12-8-5-4-6-9-12/h11-12H,3-10H2,1-2H3,(H,15,17). The maximum atomic E-state index is 11.5. The molecule has 0 aromatic heterocycles. The molecule has 0 spiro atoms. The Kier molecular flexibility index (Phi) is 7.30. The Morgan fingerprint density at radius 2 is 1.89 bits per heavy atom. The van der Waals surface area contributed by atoms with E-state index in [0.717, 1.165) is 6.42 Å². The summed E-state index contributed by atoms with van der Waals surface area (Å²) >= 11 is 0. The number of carbonyl (C=O) groups is 2. The second kappa shape index (κ2) is 8.77. The molecule has 0 bridgehead atoms. The summed E-state index contributed by atoms with van der Waals surface area (Å²) in [5, 5.41) is 2.74. The monoisotopic (exact) mass is 271 g/mol. The first-order valence-electron chi connectivity index (χ1n) is 7.25. The summed E-state index contributed by atoms with van der Waals surface area (Å²) in [6, 6.07) is 0. The third-order valence-electron chi connectivity index (χ3n) is 3.28. The fraction of sp³-hybridized carbons (Fsp3) is 0.857. The zero-order valence-corrected chi connectivity index (χ0v) is 11.9. The van der Waals surface area contributed by atoms with Gasteiger partial charge in [0.25, 0.3) is 0 Å². The van der Waals surface area contributed by atoms with Crippen molar-refractivity contribution in [3.8, 4) is 0 Å². The minimum absolute atomic E-state index is 0.338. The lowest BCUT2D eigenvalue weighted by Gasteiger charge is -2.22. The van der Waals surface area contributed by atoms with Crippen molar-refractivity contribution in [3.05, 3.63) is 0 Å². The largest absolute Gasteiger partial charge is 0.425 e. The molecule has 1 rings (SSSR count). The average molecular weight is 271 g/mol. The highest BCUT2D eigenvalue weighted by molar-refractivity contribution is 5.70. The number of esters is 1. The SMILES string of the molecule is CCCC(=O)OC(C)OC(=O)NCC1CCCCC1. The fourth-order valence-electron chi connectivity index (χ4n) is 2.28. The maximum absolute atomic E-state index is 11.5. The molecule has 1 N–H and O–H groups in total. The van der Waals surface area contributed by atoms with E-state index < -0.39 is 12.4 Å². The molecule has 0 heterocycles. The minimum Gasteiger partial charge on any atom is -0.425 e. The lowest BCUT2D eigenvalue weighted by Crippen LogP contribution is -2.34. The molecule has 5 heteroatoms. The number of hydrogen-bond acceptors (Lipinski definition) is 4. The van der Waals surface area contributed by atoms with E-state index in [1.165, 1.54) is 32.1 Å². The van der Waals surface area contributed by atoms with Crippen molar-refractivity contribution in [3.63, 3.8) is 0 Å². The summed E-state index contributed by atoms with van der Waals surface area (Å²) in [5.74, 6) is 0.217. The second-order valence-electron chi connectivity index (χ2n) is 5.10. The predicted octanol–water partition coefficient (Wildman–Crippen LogP) is 2.98. The van der Waals surface area contributed by atoms with Gasteiger partial charge in [0.2, 0.25) is 6.29 Å². The summed E-state index contributed by atoms with van der Waals surface area (Å²) < 4.78 is 9.90. The van der Waals surface area contributed by atoms with E-state index in [0.29, 0.717) is 18.9 Å². The van der Waals surface area contributed by atoms with Crippen LogP contribution in [0.2, 0.25) is 0 Å². The van der Waals surface area contributed by atoms with Crippen LogP contribution < -0.4 is 5.32 Å². The molecular formula is C14H25NO4. The first kappa shape index (κ1) is 15.8. The quantitative estimate of drug-likeness (QED) is 0.596. The highest BCUT2D eigenvalue weighted by Crippen LogP contribution is 2.22. The summed E-state index contributed by atoms with van der Waals surface area (Å²) in [5.41, 5.74) is 0. The van der Waals surface area contributed by atoms with E-state index in [4.69, 9.17) is 9.47 Å². The van der Waals surface area contributed by atoms with Crippen LogP contribution in [-0.2, 0) is 14.3 Å². The second-order valence-corrected chi connectivity index (χ2v) is 5.10. The van der Waals surface area contributed by atoms with Gasteiger partial charge < -0.3 is 14.8 Å². The molecule has 0 aromatic rings. The lowest BCUT2D eigenvalue weighted by atomic mass is 9.89. The summed E-state index contributed by atoms with van der Waals surface area (Å²) in [7, 11) is 0. The average Bonchev–Trinajstić information content (AvgIpc) is 2.37. The Morgan fingerprint density at radius 3 is 2.53 bits per heavy atom. The van der Waals surface area contributed by atoms with Crippen molar-refractivity contribution in [2.75, 3.05) is 6.54 Å². The van der Waals surface area contributed by atoms with Crippen LogP contribution in [-0.4, -0.2) is 24.9 Å². The van der Waals surface area contributed by atoms with Crippen LogP contribution in [0.25, 0.3) is 0 Å². The Labute approximate surface area is 115 Å². The van der Waals surface area contributed by atoms with Gasteiger partial charge in [0.05, 0.1) is 0 Å². The van der Waals surface area contributed by atoms with E-state index in [1.807, 2.05) is 6.92 Å². The van der Waals surface area contributed by atoms with Crippen LogP contribution in [0.5, 0.6) is 0 Å². The molecule has 0 radical (unpaired) electrons. The Hall–Kier alpha value is -1.26. The summed E-state index contributed by atoms with van der Waals surface area (Å²) in [4.78, 5) is 22.7. The molecule has 1 saturated carbocycles. The number of nitrogens with one attached hydrogen (secondary N) is 1. The number of amides is 1. The minimum atomic E-state index is -0.828. The number of ether oxygens (including phenoxy) is 2. The van der Waals surface area contributed by atoms with Crippen molar-refractivity contribution in [1.82, 2.24) is 5.32 Å². The molecule has 1 amide bonds. The van der Waals surface area contributed by atoms with E-state index >= 15 is 0 Å². The highest BCUT2D eigenvalue weighted by atomic mass is 16.7. The van der Waals surface area contributed by atoms with Crippen LogP contribution in [0, 0.1) is 5.92 Å². The van der Waals surface area contributed by atoms with E-state index in [-0.39, 0.29) is 5.97 Å². The van der Waals surface area contributed by atoms with Crippen LogP contribution in [0.3, 0.4) is 0 Å². The Balaban J connectivity index is 2.13. The van der Waals surface area contributed by atoms with E-state index in [2.05, 4.69) is 5.32 Å². The molecule has 1 fully saturated rings. The highest BCUT2D eigenvalue weighted by Gasteiger charge is 2.17. The third kappa shape index (κ3) is 7.03. The first-order chi connectivity index (χ1) is 9.11. The fourth-order valence-corrected chi connectivity index (χ4v) is 2.28. The predicted molar refractivity (Wildman–Crippen MR) is 71.5 cm³/mol. The van der Waals surface area contributed by atoms with Crippen LogP contribution in [0.4, 0.5) is 4.79 Å². The zero-order chi connectivity index (χ0) is 14.1. The molecule has 0 saturated heterocycles. The lowest BCUT2D eigenvalue weighted by molar-refractivity contribution is -0.164. The first-order valence-corrected chi connectivity index (χ1v) is 7.25. The molecule has 1 unspecified atom stereocenters. The summed E-state index contributed by atoms with van der Waals surface area (Å²) in [6.45, 7) is 4.09. The van der Waals surface area contributed by atoms with Gasteiger partial charge in [-0.15, -0.1) is 0 Å². The number of alkyl carbamates (subject to hydrolysis) is 1. The van der Waals surface area contributed by atoms with Gasteiger partial charge >= 0.3 is 12.1 Å².